The Morgan fingerprint density at radius 3 is 2.69 bits per heavy atom. The summed E-state index contributed by atoms with van der Waals surface area (Å²) in [5.74, 6) is 1.04. The maximum absolute atomic E-state index is 11.5. The number of rotatable bonds is 3. The molecule has 1 aromatic carbocycles. The molecule has 0 saturated carbocycles. The molecule has 1 aromatic rings. The molecule has 0 atom stereocenters. The first kappa shape index (κ1) is 12.6. The minimum atomic E-state index is -0.316. The number of carbonyl (C=O) groups excluding carboxylic acids is 1. The summed E-state index contributed by atoms with van der Waals surface area (Å²) < 4.78 is 5.24. The molecule has 0 bridgehead atoms. The van der Waals surface area contributed by atoms with Gasteiger partial charge in [0.25, 0.3) is 0 Å². The van der Waals surface area contributed by atoms with Crippen molar-refractivity contribution in [2.75, 3.05) is 13.6 Å². The molecule has 0 aliphatic carbocycles. The summed E-state index contributed by atoms with van der Waals surface area (Å²) in [4.78, 5) is 13.1. The van der Waals surface area contributed by atoms with Crippen LogP contribution < -0.4 is 4.74 Å². The number of amides is 1. The van der Waals surface area contributed by atoms with Crippen molar-refractivity contribution in [1.29, 1.82) is 0 Å². The number of nitrogens with zero attached hydrogens (tertiary/aromatic N) is 1. The van der Waals surface area contributed by atoms with Crippen LogP contribution in [-0.4, -0.2) is 24.6 Å². The Labute approximate surface area is 97.0 Å². The molecule has 1 rings (SSSR count). The average molecular weight is 221 g/mol. The van der Waals surface area contributed by atoms with Crippen LogP contribution in [-0.2, 0) is 0 Å². The molecule has 3 nitrogen and oxygen atoms in total. The Balaban J connectivity index is 2.74. The van der Waals surface area contributed by atoms with Crippen molar-refractivity contribution in [1.82, 2.24) is 4.90 Å². The van der Waals surface area contributed by atoms with Gasteiger partial charge >= 0.3 is 6.09 Å². The van der Waals surface area contributed by atoms with Gasteiger partial charge in [-0.15, -0.1) is 0 Å². The van der Waals surface area contributed by atoms with Crippen molar-refractivity contribution >= 4 is 6.09 Å². The van der Waals surface area contributed by atoms with E-state index in [1.165, 1.54) is 10.5 Å². The summed E-state index contributed by atoms with van der Waals surface area (Å²) in [6.45, 7) is 6.77. The summed E-state index contributed by atoms with van der Waals surface area (Å²) in [5.41, 5.74) is 1.17. The predicted molar refractivity (Wildman–Crippen MR) is 64.9 cm³/mol. The number of hydrogen-bond donors (Lipinski definition) is 0. The molecule has 0 saturated heterocycles. The van der Waals surface area contributed by atoms with Crippen LogP contribution in [0.15, 0.2) is 24.3 Å². The second-order valence-corrected chi connectivity index (χ2v) is 4.11. The largest absolute Gasteiger partial charge is 0.414 e. The van der Waals surface area contributed by atoms with Crippen molar-refractivity contribution in [3.63, 3.8) is 0 Å². The van der Waals surface area contributed by atoms with Crippen LogP contribution >= 0.6 is 0 Å². The van der Waals surface area contributed by atoms with Crippen molar-refractivity contribution in [3.05, 3.63) is 29.8 Å². The van der Waals surface area contributed by atoms with Crippen LogP contribution in [0.4, 0.5) is 4.79 Å². The van der Waals surface area contributed by atoms with Crippen molar-refractivity contribution in [3.8, 4) is 5.75 Å². The smallest absolute Gasteiger partial charge is 0.410 e. The number of carbonyl (C=O) groups is 1. The lowest BCUT2D eigenvalue weighted by Crippen LogP contribution is -2.29. The van der Waals surface area contributed by atoms with E-state index < -0.39 is 0 Å². The minimum absolute atomic E-state index is 0.316. The van der Waals surface area contributed by atoms with E-state index in [-0.39, 0.29) is 6.09 Å². The van der Waals surface area contributed by atoms with Gasteiger partial charge in [0, 0.05) is 13.6 Å². The van der Waals surface area contributed by atoms with Gasteiger partial charge in [0.1, 0.15) is 5.75 Å². The molecule has 3 heteroatoms. The van der Waals surface area contributed by atoms with Crippen LogP contribution in [0.5, 0.6) is 5.75 Å². The second kappa shape index (κ2) is 5.54. The van der Waals surface area contributed by atoms with Crippen LogP contribution in [0.3, 0.4) is 0 Å². The fourth-order valence-corrected chi connectivity index (χ4v) is 1.24. The molecule has 16 heavy (non-hydrogen) atoms. The molecule has 0 N–H and O–H groups in total. The maximum Gasteiger partial charge on any atom is 0.414 e. The van der Waals surface area contributed by atoms with Gasteiger partial charge in [-0.1, -0.05) is 26.0 Å². The summed E-state index contributed by atoms with van der Waals surface area (Å²) >= 11 is 0. The fraction of sp³-hybridized carbons (Fsp3) is 0.462. The van der Waals surface area contributed by atoms with Gasteiger partial charge in [0.05, 0.1) is 0 Å². The molecule has 0 fully saturated rings. The summed E-state index contributed by atoms with van der Waals surface area (Å²) in [7, 11) is 1.72. The highest BCUT2D eigenvalue weighted by molar-refractivity contribution is 5.70. The standard InChI is InChI=1S/C13H19NO2/c1-5-14(4)13(15)16-12-8-6-7-11(9-12)10(2)3/h6-10H,5H2,1-4H3. The van der Waals surface area contributed by atoms with Crippen LogP contribution in [0.2, 0.25) is 0 Å². The highest BCUT2D eigenvalue weighted by Crippen LogP contribution is 2.20. The monoisotopic (exact) mass is 221 g/mol. The zero-order chi connectivity index (χ0) is 12.1. The lowest BCUT2D eigenvalue weighted by Gasteiger charge is -2.15. The third-order valence-electron chi connectivity index (χ3n) is 2.52. The summed E-state index contributed by atoms with van der Waals surface area (Å²) in [6.07, 6.45) is -0.316. The summed E-state index contributed by atoms with van der Waals surface area (Å²) in [6, 6.07) is 7.65. The van der Waals surface area contributed by atoms with Crippen LogP contribution in [0.1, 0.15) is 32.3 Å². The van der Waals surface area contributed by atoms with Gasteiger partial charge in [-0.25, -0.2) is 4.79 Å². The third kappa shape index (κ3) is 3.26. The van der Waals surface area contributed by atoms with E-state index in [2.05, 4.69) is 13.8 Å². The molecule has 1 amide bonds. The van der Waals surface area contributed by atoms with Gasteiger partial charge in [0.2, 0.25) is 0 Å². The number of hydrogen-bond acceptors (Lipinski definition) is 2. The molecule has 0 radical (unpaired) electrons. The molecule has 0 aromatic heterocycles. The van der Waals surface area contributed by atoms with Gasteiger partial charge in [-0.05, 0) is 30.5 Å². The summed E-state index contributed by atoms with van der Waals surface area (Å²) in [5, 5.41) is 0. The average Bonchev–Trinajstić information content (AvgIpc) is 2.28. The first-order valence-corrected chi connectivity index (χ1v) is 5.57. The van der Waals surface area contributed by atoms with Gasteiger partial charge in [-0.3, -0.25) is 0 Å². The normalized spacial score (nSPS) is 10.3. The number of benzene rings is 1. The Kier molecular flexibility index (Phi) is 4.35. The SMILES string of the molecule is CCN(C)C(=O)Oc1cccc(C(C)C)c1. The van der Waals surface area contributed by atoms with E-state index in [1.807, 2.05) is 25.1 Å². The Bertz CT molecular complexity index is 361. The van der Waals surface area contributed by atoms with E-state index in [0.717, 1.165) is 0 Å². The molecule has 0 aliphatic heterocycles. The maximum atomic E-state index is 11.5. The third-order valence-corrected chi connectivity index (χ3v) is 2.52. The molecular formula is C13H19NO2. The quantitative estimate of drug-likeness (QED) is 0.784. The van der Waals surface area contributed by atoms with Gasteiger partial charge in [-0.2, -0.15) is 0 Å². The molecule has 0 unspecified atom stereocenters. The first-order valence-electron chi connectivity index (χ1n) is 5.57. The Morgan fingerprint density at radius 1 is 1.44 bits per heavy atom. The minimum Gasteiger partial charge on any atom is -0.410 e. The second-order valence-electron chi connectivity index (χ2n) is 4.11. The van der Waals surface area contributed by atoms with Crippen molar-refractivity contribution in [2.45, 2.75) is 26.7 Å². The Morgan fingerprint density at radius 2 is 2.12 bits per heavy atom. The topological polar surface area (TPSA) is 29.5 Å². The van der Waals surface area contributed by atoms with E-state index in [9.17, 15) is 4.79 Å². The first-order chi connectivity index (χ1) is 7.54. The van der Waals surface area contributed by atoms with E-state index in [1.54, 1.807) is 13.1 Å². The van der Waals surface area contributed by atoms with E-state index in [4.69, 9.17) is 4.74 Å². The van der Waals surface area contributed by atoms with Gasteiger partial charge < -0.3 is 9.64 Å². The van der Waals surface area contributed by atoms with Crippen LogP contribution in [0, 0.1) is 0 Å². The molecular weight excluding hydrogens is 202 g/mol. The van der Waals surface area contributed by atoms with E-state index >= 15 is 0 Å². The molecule has 88 valence electrons. The van der Waals surface area contributed by atoms with Crippen molar-refractivity contribution < 1.29 is 9.53 Å². The van der Waals surface area contributed by atoms with Crippen molar-refractivity contribution in [2.24, 2.45) is 0 Å². The zero-order valence-electron chi connectivity index (χ0n) is 10.4. The highest BCUT2D eigenvalue weighted by atomic mass is 16.6. The predicted octanol–water partition coefficient (Wildman–Crippen LogP) is 3.26. The molecule has 0 spiro atoms. The van der Waals surface area contributed by atoms with Gasteiger partial charge in [0.15, 0.2) is 0 Å². The fourth-order valence-electron chi connectivity index (χ4n) is 1.24. The molecule has 0 aliphatic rings. The van der Waals surface area contributed by atoms with E-state index in [0.29, 0.717) is 18.2 Å². The zero-order valence-corrected chi connectivity index (χ0v) is 10.4. The lowest BCUT2D eigenvalue weighted by atomic mass is 10.0. The highest BCUT2D eigenvalue weighted by Gasteiger charge is 2.09. The number of ether oxygens (including phenoxy) is 1. The lowest BCUT2D eigenvalue weighted by molar-refractivity contribution is 0.165. The molecule has 0 heterocycles. The Hall–Kier alpha value is -1.51. The van der Waals surface area contributed by atoms with Crippen LogP contribution in [0.25, 0.3) is 0 Å².